The van der Waals surface area contributed by atoms with Crippen LogP contribution in [0.5, 0.6) is 0 Å². The maximum absolute atomic E-state index is 6.16. The zero-order valence-corrected chi connectivity index (χ0v) is 12.9. The third kappa shape index (κ3) is 2.58. The summed E-state index contributed by atoms with van der Waals surface area (Å²) in [6.07, 6.45) is 4.25. The lowest BCUT2D eigenvalue weighted by atomic mass is 10.2. The molecular formula is C13H16ClN5S. The molecule has 0 N–H and O–H groups in total. The summed E-state index contributed by atoms with van der Waals surface area (Å²) in [6.45, 7) is 5.86. The van der Waals surface area contributed by atoms with Crippen LogP contribution in [0.2, 0.25) is 5.15 Å². The molecule has 7 heteroatoms. The van der Waals surface area contributed by atoms with E-state index in [1.165, 1.54) is 0 Å². The molecule has 0 atom stereocenters. The Balaban J connectivity index is 1.74. The third-order valence-corrected chi connectivity index (χ3v) is 4.65. The van der Waals surface area contributed by atoms with Crippen LogP contribution >= 0.6 is 22.9 Å². The zero-order chi connectivity index (χ0) is 13.9. The lowest BCUT2D eigenvalue weighted by Crippen LogP contribution is -2.47. The second-order valence-corrected chi connectivity index (χ2v) is 5.84. The summed E-state index contributed by atoms with van der Waals surface area (Å²) in [5.41, 5.74) is 1.04. The Morgan fingerprint density at radius 1 is 1.15 bits per heavy atom. The number of rotatable bonds is 3. The number of halogens is 1. The van der Waals surface area contributed by atoms with Gasteiger partial charge in [0.1, 0.15) is 17.3 Å². The van der Waals surface area contributed by atoms with E-state index in [-0.39, 0.29) is 0 Å². The van der Waals surface area contributed by atoms with E-state index in [0.29, 0.717) is 5.15 Å². The van der Waals surface area contributed by atoms with Gasteiger partial charge in [0.15, 0.2) is 5.13 Å². The van der Waals surface area contributed by atoms with Gasteiger partial charge in [0.2, 0.25) is 0 Å². The van der Waals surface area contributed by atoms with Crippen LogP contribution < -0.4 is 9.80 Å². The number of anilines is 2. The number of piperazine rings is 1. The van der Waals surface area contributed by atoms with Gasteiger partial charge in [0.25, 0.3) is 0 Å². The SMILES string of the molecule is CCc1c(Cl)ncnc1N1CCN(c2nccs2)CC1. The summed E-state index contributed by atoms with van der Waals surface area (Å²) in [7, 11) is 0. The molecule has 0 amide bonds. The molecule has 0 unspecified atom stereocenters. The Morgan fingerprint density at radius 3 is 2.55 bits per heavy atom. The molecular weight excluding hydrogens is 294 g/mol. The fourth-order valence-corrected chi connectivity index (χ4v) is 3.40. The average molecular weight is 310 g/mol. The molecule has 20 heavy (non-hydrogen) atoms. The minimum Gasteiger partial charge on any atom is -0.353 e. The second kappa shape index (κ2) is 5.93. The lowest BCUT2D eigenvalue weighted by molar-refractivity contribution is 0.642. The molecule has 0 saturated carbocycles. The van der Waals surface area contributed by atoms with Gasteiger partial charge in [0, 0.05) is 43.3 Å². The van der Waals surface area contributed by atoms with Crippen LogP contribution in [0.15, 0.2) is 17.9 Å². The second-order valence-electron chi connectivity index (χ2n) is 4.61. The molecule has 1 fully saturated rings. The van der Waals surface area contributed by atoms with Gasteiger partial charge in [-0.15, -0.1) is 11.3 Å². The summed E-state index contributed by atoms with van der Waals surface area (Å²) in [5, 5.41) is 3.68. The fourth-order valence-electron chi connectivity index (χ4n) is 2.44. The minimum atomic E-state index is 0.569. The molecule has 2 aromatic rings. The van der Waals surface area contributed by atoms with E-state index >= 15 is 0 Å². The van der Waals surface area contributed by atoms with Crippen molar-refractivity contribution >= 4 is 33.9 Å². The van der Waals surface area contributed by atoms with Crippen LogP contribution in [0.25, 0.3) is 0 Å². The number of hydrogen-bond acceptors (Lipinski definition) is 6. The van der Waals surface area contributed by atoms with Gasteiger partial charge in [-0.3, -0.25) is 0 Å². The van der Waals surface area contributed by atoms with Gasteiger partial charge in [-0.05, 0) is 6.42 Å². The Morgan fingerprint density at radius 2 is 1.90 bits per heavy atom. The molecule has 1 aliphatic rings. The molecule has 0 radical (unpaired) electrons. The standard InChI is InChI=1S/C13H16ClN5S/c1-2-10-11(14)16-9-17-12(10)18-4-6-19(7-5-18)13-15-3-8-20-13/h3,8-9H,2,4-7H2,1H3. The van der Waals surface area contributed by atoms with E-state index in [0.717, 1.165) is 49.1 Å². The topological polar surface area (TPSA) is 45.2 Å². The van der Waals surface area contributed by atoms with Crippen LogP contribution in [0.4, 0.5) is 10.9 Å². The highest BCUT2D eigenvalue weighted by atomic mass is 35.5. The summed E-state index contributed by atoms with van der Waals surface area (Å²) in [5.74, 6) is 0.978. The van der Waals surface area contributed by atoms with Crippen LogP contribution in [0.3, 0.4) is 0 Å². The van der Waals surface area contributed by atoms with Gasteiger partial charge in [-0.25, -0.2) is 15.0 Å². The van der Waals surface area contributed by atoms with E-state index in [9.17, 15) is 0 Å². The summed E-state index contributed by atoms with van der Waals surface area (Å²) >= 11 is 7.85. The number of nitrogens with zero attached hydrogens (tertiary/aromatic N) is 5. The highest BCUT2D eigenvalue weighted by Crippen LogP contribution is 2.26. The van der Waals surface area contributed by atoms with Crippen LogP contribution in [0.1, 0.15) is 12.5 Å². The summed E-state index contributed by atoms with van der Waals surface area (Å²) in [6, 6.07) is 0. The molecule has 1 aliphatic heterocycles. The van der Waals surface area contributed by atoms with E-state index in [1.807, 2.05) is 11.6 Å². The van der Waals surface area contributed by atoms with Crippen molar-refractivity contribution in [3.8, 4) is 0 Å². The molecule has 2 aromatic heterocycles. The zero-order valence-electron chi connectivity index (χ0n) is 11.3. The fraction of sp³-hybridized carbons (Fsp3) is 0.462. The van der Waals surface area contributed by atoms with E-state index < -0.39 is 0 Å². The maximum Gasteiger partial charge on any atom is 0.185 e. The normalized spacial score (nSPS) is 15.7. The highest BCUT2D eigenvalue weighted by molar-refractivity contribution is 7.13. The molecule has 3 heterocycles. The first kappa shape index (κ1) is 13.6. The first-order chi connectivity index (χ1) is 9.79. The van der Waals surface area contributed by atoms with E-state index in [1.54, 1.807) is 17.7 Å². The van der Waals surface area contributed by atoms with Crippen molar-refractivity contribution in [3.05, 3.63) is 28.6 Å². The molecule has 106 valence electrons. The smallest absolute Gasteiger partial charge is 0.185 e. The van der Waals surface area contributed by atoms with Crippen molar-refractivity contribution in [1.82, 2.24) is 15.0 Å². The Hall–Kier alpha value is -1.40. The Kier molecular flexibility index (Phi) is 4.03. The number of hydrogen-bond donors (Lipinski definition) is 0. The van der Waals surface area contributed by atoms with E-state index in [4.69, 9.17) is 11.6 Å². The molecule has 0 spiro atoms. The number of aromatic nitrogens is 3. The van der Waals surface area contributed by atoms with Gasteiger partial charge >= 0.3 is 0 Å². The maximum atomic E-state index is 6.16. The molecule has 0 bridgehead atoms. The van der Waals surface area contributed by atoms with Crippen LogP contribution in [0, 0.1) is 0 Å². The molecule has 3 rings (SSSR count). The van der Waals surface area contributed by atoms with Crippen molar-refractivity contribution in [3.63, 3.8) is 0 Å². The van der Waals surface area contributed by atoms with Gasteiger partial charge in [-0.1, -0.05) is 18.5 Å². The van der Waals surface area contributed by atoms with Crippen molar-refractivity contribution < 1.29 is 0 Å². The minimum absolute atomic E-state index is 0.569. The van der Waals surface area contributed by atoms with Crippen molar-refractivity contribution in [2.75, 3.05) is 36.0 Å². The van der Waals surface area contributed by atoms with Crippen molar-refractivity contribution in [1.29, 1.82) is 0 Å². The predicted molar refractivity (Wildman–Crippen MR) is 83.0 cm³/mol. The molecule has 0 aliphatic carbocycles. The first-order valence-corrected chi connectivity index (χ1v) is 7.94. The van der Waals surface area contributed by atoms with Crippen molar-refractivity contribution in [2.24, 2.45) is 0 Å². The quantitative estimate of drug-likeness (QED) is 0.815. The number of thiazole rings is 1. The van der Waals surface area contributed by atoms with Crippen LogP contribution in [-0.2, 0) is 6.42 Å². The predicted octanol–water partition coefficient (Wildman–Crippen LogP) is 2.48. The molecule has 1 saturated heterocycles. The average Bonchev–Trinajstić information content (AvgIpc) is 3.01. The molecule has 0 aromatic carbocycles. The van der Waals surface area contributed by atoms with Gasteiger partial charge < -0.3 is 9.80 Å². The van der Waals surface area contributed by atoms with Gasteiger partial charge in [0.05, 0.1) is 0 Å². The Labute approximate surface area is 127 Å². The van der Waals surface area contributed by atoms with Gasteiger partial charge in [-0.2, -0.15) is 0 Å². The highest BCUT2D eigenvalue weighted by Gasteiger charge is 2.22. The van der Waals surface area contributed by atoms with Crippen molar-refractivity contribution in [2.45, 2.75) is 13.3 Å². The Bertz CT molecular complexity index is 566. The largest absolute Gasteiger partial charge is 0.353 e. The summed E-state index contributed by atoms with van der Waals surface area (Å²) in [4.78, 5) is 17.5. The lowest BCUT2D eigenvalue weighted by Gasteiger charge is -2.36. The summed E-state index contributed by atoms with van der Waals surface area (Å²) < 4.78 is 0. The monoisotopic (exact) mass is 309 g/mol. The van der Waals surface area contributed by atoms with Crippen LogP contribution in [-0.4, -0.2) is 41.1 Å². The molecule has 5 nitrogen and oxygen atoms in total. The van der Waals surface area contributed by atoms with E-state index in [2.05, 4.69) is 31.7 Å². The third-order valence-electron chi connectivity index (χ3n) is 3.49. The first-order valence-electron chi connectivity index (χ1n) is 6.68.